The molecule has 2 aliphatic rings. The van der Waals surface area contributed by atoms with E-state index < -0.39 is 5.97 Å². The topological polar surface area (TPSA) is 46.5 Å². The lowest BCUT2D eigenvalue weighted by atomic mass is 9.89. The van der Waals surface area contributed by atoms with Crippen molar-refractivity contribution in [3.63, 3.8) is 0 Å². The Kier molecular flexibility index (Phi) is 1.91. The molecule has 0 radical (unpaired) electrons. The summed E-state index contributed by atoms with van der Waals surface area (Å²) in [7, 11) is 0. The van der Waals surface area contributed by atoms with Gasteiger partial charge >= 0.3 is 5.97 Å². The Hall–Kier alpha value is -1.25. The Bertz CT molecular complexity index is 336. The number of fused-ring (bicyclic) bond motifs is 1. The van der Waals surface area contributed by atoms with Crippen LogP contribution in [0.3, 0.4) is 0 Å². The monoisotopic (exact) mass is 194 g/mol. The van der Waals surface area contributed by atoms with Crippen LogP contribution in [0.15, 0.2) is 23.5 Å². The van der Waals surface area contributed by atoms with E-state index in [0.29, 0.717) is 11.5 Å². The number of carboxylic acids is 1. The first-order chi connectivity index (χ1) is 6.48. The van der Waals surface area contributed by atoms with Crippen molar-refractivity contribution in [2.24, 2.45) is 5.92 Å². The maximum absolute atomic E-state index is 10.7. The van der Waals surface area contributed by atoms with Crippen LogP contribution in [0, 0.1) is 5.92 Å². The summed E-state index contributed by atoms with van der Waals surface area (Å²) >= 11 is 0. The Balaban J connectivity index is 2.23. The van der Waals surface area contributed by atoms with Gasteiger partial charge in [-0.05, 0) is 32.8 Å². The van der Waals surface area contributed by atoms with Crippen molar-refractivity contribution in [3.05, 3.63) is 23.5 Å². The van der Waals surface area contributed by atoms with Gasteiger partial charge in [-0.3, -0.25) is 0 Å². The van der Waals surface area contributed by atoms with Gasteiger partial charge in [-0.25, -0.2) is 4.79 Å². The Morgan fingerprint density at radius 2 is 2.36 bits per heavy atom. The zero-order valence-electron chi connectivity index (χ0n) is 8.41. The van der Waals surface area contributed by atoms with Crippen LogP contribution < -0.4 is 0 Å². The fraction of sp³-hybridized carbons (Fsp3) is 0.545. The van der Waals surface area contributed by atoms with E-state index in [1.807, 2.05) is 13.8 Å². The van der Waals surface area contributed by atoms with E-state index in [1.54, 1.807) is 12.2 Å². The van der Waals surface area contributed by atoms with E-state index in [2.05, 4.69) is 0 Å². The van der Waals surface area contributed by atoms with Crippen LogP contribution in [-0.2, 0) is 9.53 Å². The van der Waals surface area contributed by atoms with Crippen LogP contribution in [0.25, 0.3) is 0 Å². The number of aliphatic carboxylic acids is 1. The molecule has 3 heteroatoms. The number of carboxylic acid groups (broad SMARTS) is 1. The van der Waals surface area contributed by atoms with Crippen molar-refractivity contribution in [1.82, 2.24) is 0 Å². The van der Waals surface area contributed by atoms with Crippen LogP contribution in [0.1, 0.15) is 26.7 Å². The molecule has 14 heavy (non-hydrogen) atoms. The molecule has 1 heterocycles. The van der Waals surface area contributed by atoms with E-state index in [1.165, 1.54) is 0 Å². The molecule has 0 aromatic rings. The van der Waals surface area contributed by atoms with Crippen molar-refractivity contribution in [1.29, 1.82) is 0 Å². The fourth-order valence-corrected chi connectivity index (χ4v) is 2.12. The zero-order chi connectivity index (χ0) is 10.3. The lowest BCUT2D eigenvalue weighted by Crippen LogP contribution is -2.16. The summed E-state index contributed by atoms with van der Waals surface area (Å²) in [6, 6.07) is 0. The number of rotatable bonds is 1. The predicted octanol–water partition coefficient (Wildman–Crippen LogP) is 2.10. The third kappa shape index (κ3) is 1.54. The summed E-state index contributed by atoms with van der Waals surface area (Å²) < 4.78 is 5.69. The van der Waals surface area contributed by atoms with Gasteiger partial charge in [0.2, 0.25) is 0 Å². The first-order valence-corrected chi connectivity index (χ1v) is 4.82. The largest absolute Gasteiger partial charge is 0.492 e. The van der Waals surface area contributed by atoms with E-state index in [9.17, 15) is 4.79 Å². The average molecular weight is 194 g/mol. The molecule has 3 nitrogen and oxygen atoms in total. The molecule has 1 unspecified atom stereocenters. The molecular formula is C11H14O3. The van der Waals surface area contributed by atoms with Gasteiger partial charge in [0, 0.05) is 5.92 Å². The van der Waals surface area contributed by atoms with Crippen molar-refractivity contribution >= 4 is 5.97 Å². The zero-order valence-corrected chi connectivity index (χ0v) is 8.41. The minimum atomic E-state index is -0.871. The Labute approximate surface area is 83.1 Å². The summed E-state index contributed by atoms with van der Waals surface area (Å²) in [6.45, 7) is 4.07. The van der Waals surface area contributed by atoms with Gasteiger partial charge < -0.3 is 9.84 Å². The maximum atomic E-state index is 10.7. The van der Waals surface area contributed by atoms with Crippen LogP contribution in [0.4, 0.5) is 0 Å². The highest BCUT2D eigenvalue weighted by Crippen LogP contribution is 2.41. The first kappa shape index (κ1) is 9.31. The summed E-state index contributed by atoms with van der Waals surface area (Å²) in [5.74, 6) is 0.354. The number of carbonyl (C=O) groups is 1. The maximum Gasteiger partial charge on any atom is 0.335 e. The lowest BCUT2D eigenvalue weighted by Gasteiger charge is -2.16. The van der Waals surface area contributed by atoms with Crippen molar-refractivity contribution in [3.8, 4) is 0 Å². The second-order valence-electron chi connectivity index (χ2n) is 4.51. The Morgan fingerprint density at radius 1 is 1.64 bits per heavy atom. The SMILES string of the molecule is CC1(C)CC2CC=C(C(=O)O)C=C2O1. The minimum Gasteiger partial charge on any atom is -0.492 e. The van der Waals surface area contributed by atoms with Gasteiger partial charge in [0.25, 0.3) is 0 Å². The summed E-state index contributed by atoms with van der Waals surface area (Å²) in [4.78, 5) is 10.7. The molecule has 1 aliphatic heterocycles. The van der Waals surface area contributed by atoms with E-state index >= 15 is 0 Å². The highest BCUT2D eigenvalue weighted by molar-refractivity contribution is 5.90. The standard InChI is InChI=1S/C11H14O3/c1-11(2)6-8-4-3-7(10(12)13)5-9(8)14-11/h3,5,8H,4,6H2,1-2H3,(H,12,13). The van der Waals surface area contributed by atoms with Crippen LogP contribution in [0.5, 0.6) is 0 Å². The molecule has 0 amide bonds. The fourth-order valence-electron chi connectivity index (χ4n) is 2.12. The minimum absolute atomic E-state index is 0.141. The number of allylic oxidation sites excluding steroid dienone is 2. The van der Waals surface area contributed by atoms with E-state index in [0.717, 1.165) is 18.6 Å². The predicted molar refractivity (Wildman–Crippen MR) is 51.7 cm³/mol. The van der Waals surface area contributed by atoms with Crippen molar-refractivity contribution in [2.45, 2.75) is 32.3 Å². The molecule has 0 aromatic heterocycles. The van der Waals surface area contributed by atoms with Crippen LogP contribution in [0.2, 0.25) is 0 Å². The van der Waals surface area contributed by atoms with Gasteiger partial charge in [0.1, 0.15) is 11.4 Å². The molecule has 2 rings (SSSR count). The Morgan fingerprint density at radius 3 is 3.00 bits per heavy atom. The third-order valence-electron chi connectivity index (χ3n) is 2.70. The molecule has 1 N–H and O–H groups in total. The van der Waals surface area contributed by atoms with Gasteiger partial charge in [0.05, 0.1) is 5.57 Å². The van der Waals surface area contributed by atoms with Crippen LogP contribution in [-0.4, -0.2) is 16.7 Å². The summed E-state index contributed by atoms with van der Waals surface area (Å²) in [5.41, 5.74) is 0.215. The average Bonchev–Trinajstić information content (AvgIpc) is 2.36. The molecule has 76 valence electrons. The smallest absolute Gasteiger partial charge is 0.335 e. The molecule has 1 fully saturated rings. The molecule has 0 aromatic carbocycles. The highest BCUT2D eigenvalue weighted by Gasteiger charge is 2.38. The molecule has 0 bridgehead atoms. The summed E-state index contributed by atoms with van der Waals surface area (Å²) in [6.07, 6.45) is 5.20. The molecule has 1 saturated heterocycles. The molecule has 0 spiro atoms. The number of hydrogen-bond acceptors (Lipinski definition) is 2. The van der Waals surface area contributed by atoms with Crippen molar-refractivity contribution in [2.75, 3.05) is 0 Å². The summed E-state index contributed by atoms with van der Waals surface area (Å²) in [5, 5.41) is 8.82. The number of ether oxygens (including phenoxy) is 1. The highest BCUT2D eigenvalue weighted by atomic mass is 16.5. The van der Waals surface area contributed by atoms with E-state index in [4.69, 9.17) is 9.84 Å². The molecule has 1 atom stereocenters. The third-order valence-corrected chi connectivity index (χ3v) is 2.70. The van der Waals surface area contributed by atoms with Gasteiger partial charge in [0.15, 0.2) is 0 Å². The lowest BCUT2D eigenvalue weighted by molar-refractivity contribution is -0.132. The quantitative estimate of drug-likeness (QED) is 0.695. The van der Waals surface area contributed by atoms with Gasteiger partial charge in [-0.2, -0.15) is 0 Å². The van der Waals surface area contributed by atoms with Gasteiger partial charge in [-0.1, -0.05) is 6.08 Å². The molecular weight excluding hydrogens is 180 g/mol. The molecule has 0 saturated carbocycles. The van der Waals surface area contributed by atoms with Crippen molar-refractivity contribution < 1.29 is 14.6 Å². The molecule has 1 aliphatic carbocycles. The first-order valence-electron chi connectivity index (χ1n) is 4.82. The van der Waals surface area contributed by atoms with Crippen LogP contribution >= 0.6 is 0 Å². The second-order valence-corrected chi connectivity index (χ2v) is 4.51. The second kappa shape index (κ2) is 2.87. The number of hydrogen-bond donors (Lipinski definition) is 1. The normalized spacial score (nSPS) is 28.6. The van der Waals surface area contributed by atoms with Gasteiger partial charge in [-0.15, -0.1) is 0 Å². The van der Waals surface area contributed by atoms with E-state index in [-0.39, 0.29) is 5.60 Å².